The zero-order valence-corrected chi connectivity index (χ0v) is 21.1. The summed E-state index contributed by atoms with van der Waals surface area (Å²) in [5, 5.41) is 14.0. The SMILES string of the molecule is CN1CCC(Oc2ccc3cc(Oc4ccc(CC(=O)Nc5ccccc5C(=O)O)cn4)ccc3c2)CC1. The Morgan fingerprint density at radius 1 is 0.974 bits per heavy atom. The number of aromatic carboxylic acids is 1. The zero-order chi connectivity index (χ0) is 26.5. The highest BCUT2D eigenvalue weighted by atomic mass is 16.5. The molecule has 38 heavy (non-hydrogen) atoms. The van der Waals surface area contributed by atoms with Crippen molar-refractivity contribution in [3.8, 4) is 17.4 Å². The van der Waals surface area contributed by atoms with Crippen molar-refractivity contribution < 1.29 is 24.2 Å². The Bertz CT molecular complexity index is 1450. The van der Waals surface area contributed by atoms with Crippen molar-refractivity contribution in [3.63, 3.8) is 0 Å². The topological polar surface area (TPSA) is 101 Å². The van der Waals surface area contributed by atoms with Crippen LogP contribution in [0.15, 0.2) is 79.0 Å². The predicted molar refractivity (Wildman–Crippen MR) is 145 cm³/mol. The van der Waals surface area contributed by atoms with Crippen LogP contribution in [0.5, 0.6) is 17.4 Å². The average molecular weight is 512 g/mol. The Morgan fingerprint density at radius 2 is 1.68 bits per heavy atom. The summed E-state index contributed by atoms with van der Waals surface area (Å²) in [7, 11) is 2.14. The van der Waals surface area contributed by atoms with Gasteiger partial charge in [-0.1, -0.05) is 30.3 Å². The first-order valence-electron chi connectivity index (χ1n) is 12.6. The number of ether oxygens (including phenoxy) is 2. The molecule has 1 amide bonds. The molecule has 1 aliphatic heterocycles. The van der Waals surface area contributed by atoms with Gasteiger partial charge in [-0.2, -0.15) is 0 Å². The summed E-state index contributed by atoms with van der Waals surface area (Å²) in [6.45, 7) is 2.12. The van der Waals surface area contributed by atoms with Crippen LogP contribution in [0.4, 0.5) is 5.69 Å². The van der Waals surface area contributed by atoms with E-state index in [1.165, 1.54) is 6.07 Å². The van der Waals surface area contributed by atoms with Crippen molar-refractivity contribution in [3.05, 3.63) is 90.1 Å². The number of hydrogen-bond acceptors (Lipinski definition) is 6. The maximum atomic E-state index is 12.4. The first-order valence-corrected chi connectivity index (χ1v) is 12.6. The van der Waals surface area contributed by atoms with E-state index in [2.05, 4.69) is 28.3 Å². The highest BCUT2D eigenvalue weighted by Crippen LogP contribution is 2.29. The number of anilines is 1. The minimum Gasteiger partial charge on any atom is -0.490 e. The van der Waals surface area contributed by atoms with Gasteiger partial charge in [-0.15, -0.1) is 0 Å². The number of nitrogens with one attached hydrogen (secondary N) is 1. The molecule has 8 nitrogen and oxygen atoms in total. The van der Waals surface area contributed by atoms with E-state index in [1.807, 2.05) is 30.3 Å². The highest BCUT2D eigenvalue weighted by molar-refractivity contribution is 6.01. The number of hydrogen-bond donors (Lipinski definition) is 2. The standard InChI is InChI=1S/C30H29N3O5/c1-33-14-12-23(13-15-33)37-24-9-7-22-18-25(10-8-21(22)17-24)38-29-11-6-20(19-31-29)16-28(34)32-27-5-3-2-4-26(27)30(35)36/h2-11,17-19,23H,12-16H2,1H3,(H,32,34)(H,35,36). The average Bonchev–Trinajstić information content (AvgIpc) is 2.91. The molecular formula is C30H29N3O5. The van der Waals surface area contributed by atoms with E-state index < -0.39 is 5.97 Å². The van der Waals surface area contributed by atoms with E-state index in [4.69, 9.17) is 9.47 Å². The zero-order valence-electron chi connectivity index (χ0n) is 21.1. The molecule has 0 radical (unpaired) electrons. The van der Waals surface area contributed by atoms with Crippen molar-refractivity contribution in [2.75, 3.05) is 25.5 Å². The van der Waals surface area contributed by atoms with Gasteiger partial charge >= 0.3 is 5.97 Å². The van der Waals surface area contributed by atoms with E-state index in [-0.39, 0.29) is 29.7 Å². The second-order valence-electron chi connectivity index (χ2n) is 9.47. The Kier molecular flexibility index (Phi) is 7.51. The number of rotatable bonds is 8. The molecule has 1 aliphatic rings. The van der Waals surface area contributed by atoms with Crippen LogP contribution in [0.1, 0.15) is 28.8 Å². The third kappa shape index (κ3) is 6.27. The molecule has 1 saturated heterocycles. The fourth-order valence-corrected chi connectivity index (χ4v) is 4.49. The number of fused-ring (bicyclic) bond motifs is 1. The maximum absolute atomic E-state index is 12.4. The van der Waals surface area contributed by atoms with Crippen molar-refractivity contribution in [2.45, 2.75) is 25.4 Å². The Hall–Kier alpha value is -4.43. The first kappa shape index (κ1) is 25.2. The number of para-hydroxylation sites is 1. The second-order valence-corrected chi connectivity index (χ2v) is 9.47. The molecule has 0 spiro atoms. The molecular weight excluding hydrogens is 482 g/mol. The van der Waals surface area contributed by atoms with E-state index in [1.54, 1.807) is 36.5 Å². The molecule has 0 atom stereocenters. The molecule has 2 heterocycles. The van der Waals surface area contributed by atoms with Gasteiger partial charge < -0.3 is 24.8 Å². The van der Waals surface area contributed by atoms with Crippen molar-refractivity contribution in [1.82, 2.24) is 9.88 Å². The van der Waals surface area contributed by atoms with E-state index in [0.29, 0.717) is 17.2 Å². The quantitative estimate of drug-likeness (QED) is 0.328. The van der Waals surface area contributed by atoms with Crippen LogP contribution in [0, 0.1) is 0 Å². The van der Waals surface area contributed by atoms with Crippen molar-refractivity contribution in [1.29, 1.82) is 0 Å². The molecule has 1 aromatic heterocycles. The monoisotopic (exact) mass is 511 g/mol. The molecule has 194 valence electrons. The van der Waals surface area contributed by atoms with Gasteiger partial charge in [0.25, 0.3) is 0 Å². The molecule has 0 unspecified atom stereocenters. The van der Waals surface area contributed by atoms with Crippen molar-refractivity contribution >= 4 is 28.3 Å². The fraction of sp³-hybridized carbons (Fsp3) is 0.233. The predicted octanol–water partition coefficient (Wildman–Crippen LogP) is 5.38. The van der Waals surface area contributed by atoms with Crippen LogP contribution >= 0.6 is 0 Å². The number of carbonyl (C=O) groups is 2. The fourth-order valence-electron chi connectivity index (χ4n) is 4.49. The number of carboxylic acid groups (broad SMARTS) is 1. The van der Waals surface area contributed by atoms with E-state index in [9.17, 15) is 14.7 Å². The van der Waals surface area contributed by atoms with Crippen LogP contribution in [0.3, 0.4) is 0 Å². The van der Waals surface area contributed by atoms with E-state index >= 15 is 0 Å². The number of carboxylic acids is 1. The van der Waals surface area contributed by atoms with Crippen LogP contribution in [0.2, 0.25) is 0 Å². The van der Waals surface area contributed by atoms with Gasteiger partial charge in [-0.25, -0.2) is 9.78 Å². The van der Waals surface area contributed by atoms with Crippen LogP contribution < -0.4 is 14.8 Å². The minimum atomic E-state index is -1.10. The van der Waals surface area contributed by atoms with Gasteiger partial charge in [0.2, 0.25) is 11.8 Å². The maximum Gasteiger partial charge on any atom is 0.337 e. The summed E-state index contributed by atoms with van der Waals surface area (Å²) in [5.74, 6) is 0.521. The lowest BCUT2D eigenvalue weighted by Gasteiger charge is -2.29. The highest BCUT2D eigenvalue weighted by Gasteiger charge is 2.18. The Labute approximate surface area is 220 Å². The van der Waals surface area contributed by atoms with Gasteiger partial charge in [0, 0.05) is 25.4 Å². The number of nitrogens with zero attached hydrogens (tertiary/aromatic N) is 2. The molecule has 8 heteroatoms. The molecule has 4 aromatic rings. The normalized spacial score (nSPS) is 14.2. The number of pyridine rings is 1. The van der Waals surface area contributed by atoms with Gasteiger partial charge in [-0.05, 0) is 72.6 Å². The summed E-state index contributed by atoms with van der Waals surface area (Å²) < 4.78 is 12.1. The first-order chi connectivity index (χ1) is 18.4. The number of piperidine rings is 1. The number of likely N-dealkylation sites (tertiary alicyclic amines) is 1. The summed E-state index contributed by atoms with van der Waals surface area (Å²) in [6, 6.07) is 21.7. The number of aromatic nitrogens is 1. The lowest BCUT2D eigenvalue weighted by atomic mass is 10.1. The van der Waals surface area contributed by atoms with Gasteiger partial charge in [-0.3, -0.25) is 4.79 Å². The number of amides is 1. The molecule has 1 fully saturated rings. The van der Waals surface area contributed by atoms with E-state index in [0.717, 1.165) is 42.5 Å². The lowest BCUT2D eigenvalue weighted by molar-refractivity contribution is -0.115. The van der Waals surface area contributed by atoms with Crippen molar-refractivity contribution in [2.24, 2.45) is 0 Å². The van der Waals surface area contributed by atoms with Crippen LogP contribution in [0.25, 0.3) is 10.8 Å². The molecule has 0 saturated carbocycles. The Morgan fingerprint density at radius 3 is 2.39 bits per heavy atom. The molecule has 0 bridgehead atoms. The summed E-state index contributed by atoms with van der Waals surface area (Å²) in [5.41, 5.74) is 0.979. The summed E-state index contributed by atoms with van der Waals surface area (Å²) >= 11 is 0. The smallest absolute Gasteiger partial charge is 0.337 e. The second kappa shape index (κ2) is 11.3. The number of carbonyl (C=O) groups excluding carboxylic acids is 1. The lowest BCUT2D eigenvalue weighted by Crippen LogP contribution is -2.35. The minimum absolute atomic E-state index is 0.0408. The summed E-state index contributed by atoms with van der Waals surface area (Å²) in [4.78, 5) is 30.4. The summed E-state index contributed by atoms with van der Waals surface area (Å²) in [6.07, 6.45) is 3.96. The van der Waals surface area contributed by atoms with Gasteiger partial charge in [0.15, 0.2) is 0 Å². The Balaban J connectivity index is 1.18. The third-order valence-corrected chi connectivity index (χ3v) is 6.57. The molecule has 5 rings (SSSR count). The van der Waals surface area contributed by atoms with Crippen LogP contribution in [-0.2, 0) is 11.2 Å². The van der Waals surface area contributed by atoms with Crippen LogP contribution in [-0.4, -0.2) is 53.1 Å². The largest absolute Gasteiger partial charge is 0.490 e. The van der Waals surface area contributed by atoms with Gasteiger partial charge in [0.1, 0.15) is 17.6 Å². The van der Waals surface area contributed by atoms with Gasteiger partial charge in [0.05, 0.1) is 17.7 Å². The third-order valence-electron chi connectivity index (χ3n) is 6.57. The molecule has 2 N–H and O–H groups in total. The molecule has 3 aromatic carbocycles. The molecule has 0 aliphatic carbocycles. The number of benzene rings is 3.